The molecule has 1 saturated heterocycles. The van der Waals surface area contributed by atoms with Crippen LogP contribution in [0.1, 0.15) is 19.8 Å². The van der Waals surface area contributed by atoms with Crippen LogP contribution >= 0.6 is 10.0 Å². The summed E-state index contributed by atoms with van der Waals surface area (Å²) in [6.45, 7) is 4.72. The number of nitrogens with zero attached hydrogens (tertiary/aromatic N) is 6. The highest BCUT2D eigenvalue weighted by Crippen LogP contribution is 2.34. The summed E-state index contributed by atoms with van der Waals surface area (Å²) in [5.74, 6) is 2.25. The molecule has 1 aliphatic rings. The standard InChI is InChI=1S/C22H34N6O2S/c1-17-7-10-27(20(29)6-9-23)14-19(17)26(2)21-18-8-11-28(22(18)25-15-24-21)16-30-12-13-31(3,4)5/h8,11,15,17,19H,6-7,10,12-14,16H2,1-5H3/t17-,19+/m1/s1. The molecular weight excluding hydrogens is 412 g/mol. The Morgan fingerprint density at radius 3 is 2.87 bits per heavy atom. The molecule has 3 heterocycles. The Balaban J connectivity index is 1.75. The van der Waals surface area contributed by atoms with Crippen molar-refractivity contribution < 1.29 is 9.53 Å². The van der Waals surface area contributed by atoms with E-state index < -0.39 is 10.0 Å². The fraction of sp³-hybridized carbons (Fsp3) is 0.636. The third-order valence-electron chi connectivity index (χ3n) is 5.94. The number of anilines is 1. The minimum Gasteiger partial charge on any atom is -0.360 e. The molecule has 1 fully saturated rings. The first-order valence-electron chi connectivity index (χ1n) is 10.6. The van der Waals surface area contributed by atoms with E-state index in [1.807, 2.05) is 29.9 Å². The monoisotopic (exact) mass is 446 g/mol. The van der Waals surface area contributed by atoms with Gasteiger partial charge in [-0.2, -0.15) is 5.26 Å². The van der Waals surface area contributed by atoms with Gasteiger partial charge in [0.05, 0.1) is 24.1 Å². The van der Waals surface area contributed by atoms with Crippen LogP contribution in [0, 0.1) is 17.2 Å². The molecule has 2 atom stereocenters. The third-order valence-corrected chi connectivity index (χ3v) is 7.33. The Bertz CT molecular complexity index is 948. The zero-order chi connectivity index (χ0) is 22.6. The van der Waals surface area contributed by atoms with E-state index in [1.54, 1.807) is 11.2 Å². The van der Waals surface area contributed by atoms with Crippen molar-refractivity contribution in [2.24, 2.45) is 5.92 Å². The van der Waals surface area contributed by atoms with Gasteiger partial charge in [0.1, 0.15) is 30.9 Å². The Kier molecular flexibility index (Phi) is 7.44. The summed E-state index contributed by atoms with van der Waals surface area (Å²) in [6, 6.07) is 4.13. The highest BCUT2D eigenvalue weighted by atomic mass is 32.3. The molecular formula is C22H34N6O2S. The quantitative estimate of drug-likeness (QED) is 0.580. The van der Waals surface area contributed by atoms with E-state index in [2.05, 4.69) is 40.6 Å². The van der Waals surface area contributed by atoms with Gasteiger partial charge in [0.25, 0.3) is 0 Å². The summed E-state index contributed by atoms with van der Waals surface area (Å²) in [5, 5.41) is 9.85. The summed E-state index contributed by atoms with van der Waals surface area (Å²) in [4.78, 5) is 25.3. The topological polar surface area (TPSA) is 87.3 Å². The van der Waals surface area contributed by atoms with Crippen molar-refractivity contribution in [3.05, 3.63) is 18.6 Å². The lowest BCUT2D eigenvalue weighted by Gasteiger charge is -2.42. The normalized spacial score (nSPS) is 19.9. The number of hydrogen-bond donors (Lipinski definition) is 0. The molecule has 8 nitrogen and oxygen atoms in total. The predicted octanol–water partition coefficient (Wildman–Crippen LogP) is 2.69. The number of amides is 1. The van der Waals surface area contributed by atoms with Gasteiger partial charge in [0.2, 0.25) is 5.91 Å². The lowest BCUT2D eigenvalue weighted by Crippen LogP contribution is -2.52. The van der Waals surface area contributed by atoms with E-state index in [1.165, 1.54) is 0 Å². The molecule has 31 heavy (non-hydrogen) atoms. The maximum absolute atomic E-state index is 12.3. The first kappa shape index (κ1) is 23.4. The number of carbonyl (C=O) groups is 1. The van der Waals surface area contributed by atoms with Gasteiger partial charge in [0.15, 0.2) is 0 Å². The van der Waals surface area contributed by atoms with Gasteiger partial charge in [0, 0.05) is 32.1 Å². The Labute approximate surface area is 186 Å². The lowest BCUT2D eigenvalue weighted by atomic mass is 9.92. The molecule has 1 amide bonds. The molecule has 0 radical (unpaired) electrons. The van der Waals surface area contributed by atoms with Crippen LogP contribution in [0.2, 0.25) is 0 Å². The predicted molar refractivity (Wildman–Crippen MR) is 126 cm³/mol. The Hall–Kier alpha value is -2.31. The molecule has 3 rings (SSSR count). The van der Waals surface area contributed by atoms with Crippen LogP contribution in [-0.2, 0) is 16.3 Å². The molecule has 0 N–H and O–H groups in total. The van der Waals surface area contributed by atoms with Gasteiger partial charge in [-0.3, -0.25) is 4.79 Å². The zero-order valence-electron chi connectivity index (χ0n) is 19.2. The Morgan fingerprint density at radius 2 is 2.16 bits per heavy atom. The molecule has 0 unspecified atom stereocenters. The minimum absolute atomic E-state index is 0.0673. The molecule has 170 valence electrons. The number of likely N-dealkylation sites (tertiary alicyclic amines) is 1. The lowest BCUT2D eigenvalue weighted by molar-refractivity contribution is -0.131. The van der Waals surface area contributed by atoms with Crippen molar-refractivity contribution in [1.82, 2.24) is 19.4 Å². The van der Waals surface area contributed by atoms with Crippen LogP contribution in [0.15, 0.2) is 18.6 Å². The number of piperidine rings is 1. The molecule has 0 aliphatic carbocycles. The van der Waals surface area contributed by atoms with E-state index in [9.17, 15) is 4.79 Å². The van der Waals surface area contributed by atoms with Crippen molar-refractivity contribution in [2.75, 3.05) is 56.2 Å². The molecule has 0 saturated carbocycles. The number of rotatable bonds is 8. The average molecular weight is 447 g/mol. The minimum atomic E-state index is -0.570. The number of aromatic nitrogens is 3. The van der Waals surface area contributed by atoms with Crippen molar-refractivity contribution >= 4 is 32.8 Å². The van der Waals surface area contributed by atoms with Crippen molar-refractivity contribution in [2.45, 2.75) is 32.5 Å². The second-order valence-electron chi connectivity index (χ2n) is 9.17. The van der Waals surface area contributed by atoms with Gasteiger partial charge >= 0.3 is 0 Å². The molecule has 0 spiro atoms. The maximum atomic E-state index is 12.3. The first-order valence-corrected chi connectivity index (χ1v) is 13.6. The summed E-state index contributed by atoms with van der Waals surface area (Å²) in [7, 11) is 1.46. The van der Waals surface area contributed by atoms with Gasteiger partial charge < -0.3 is 19.1 Å². The van der Waals surface area contributed by atoms with E-state index >= 15 is 0 Å². The van der Waals surface area contributed by atoms with Gasteiger partial charge in [-0.15, -0.1) is 0 Å². The largest absolute Gasteiger partial charge is 0.360 e. The smallest absolute Gasteiger partial charge is 0.236 e. The first-order chi connectivity index (χ1) is 14.7. The van der Waals surface area contributed by atoms with E-state index in [-0.39, 0.29) is 18.4 Å². The summed E-state index contributed by atoms with van der Waals surface area (Å²) < 4.78 is 7.91. The fourth-order valence-electron chi connectivity index (χ4n) is 3.96. The number of nitriles is 1. The number of ether oxygens (including phenoxy) is 1. The Morgan fingerprint density at radius 1 is 1.39 bits per heavy atom. The number of likely N-dealkylation sites (N-methyl/N-ethyl adjacent to an activating group) is 1. The van der Waals surface area contributed by atoms with E-state index in [4.69, 9.17) is 10.00 Å². The van der Waals surface area contributed by atoms with Crippen molar-refractivity contribution in [1.29, 1.82) is 5.26 Å². The highest BCUT2D eigenvalue weighted by molar-refractivity contribution is 8.32. The molecule has 0 aromatic carbocycles. The van der Waals surface area contributed by atoms with E-state index in [0.29, 0.717) is 25.7 Å². The summed E-state index contributed by atoms with van der Waals surface area (Å²) in [6.07, 6.45) is 11.3. The highest BCUT2D eigenvalue weighted by Gasteiger charge is 2.32. The van der Waals surface area contributed by atoms with Crippen LogP contribution in [0.25, 0.3) is 11.0 Å². The van der Waals surface area contributed by atoms with Crippen LogP contribution < -0.4 is 4.90 Å². The average Bonchev–Trinajstić information content (AvgIpc) is 3.13. The van der Waals surface area contributed by atoms with Crippen LogP contribution in [0.4, 0.5) is 5.82 Å². The van der Waals surface area contributed by atoms with Crippen molar-refractivity contribution in [3.63, 3.8) is 0 Å². The summed E-state index contributed by atoms with van der Waals surface area (Å²) in [5.41, 5.74) is 0.848. The van der Waals surface area contributed by atoms with Gasteiger partial charge in [-0.25, -0.2) is 20.0 Å². The van der Waals surface area contributed by atoms with Crippen LogP contribution in [-0.4, -0.2) is 82.6 Å². The maximum Gasteiger partial charge on any atom is 0.236 e. The molecule has 2 aromatic rings. The molecule has 2 aromatic heterocycles. The fourth-order valence-corrected chi connectivity index (χ4v) is 4.58. The third kappa shape index (κ3) is 5.69. The SMILES string of the molecule is C[C@@H]1CCN(C(=O)CC#N)C[C@@H]1N(C)c1ncnc2c1ccn2COCCS(C)(C)C. The van der Waals surface area contributed by atoms with Crippen LogP contribution in [0.3, 0.4) is 0 Å². The number of carbonyl (C=O) groups excluding carboxylic acids is 1. The van der Waals surface area contributed by atoms with Crippen molar-refractivity contribution in [3.8, 4) is 6.07 Å². The molecule has 1 aliphatic heterocycles. The second kappa shape index (κ2) is 9.88. The zero-order valence-corrected chi connectivity index (χ0v) is 20.1. The number of fused-ring (bicyclic) bond motifs is 1. The second-order valence-corrected chi connectivity index (χ2v) is 13.8. The number of hydrogen-bond acceptors (Lipinski definition) is 6. The van der Waals surface area contributed by atoms with Gasteiger partial charge in [-0.05, 0) is 37.2 Å². The molecule has 9 heteroatoms. The van der Waals surface area contributed by atoms with E-state index in [0.717, 1.165) is 35.6 Å². The van der Waals surface area contributed by atoms with Gasteiger partial charge in [-0.1, -0.05) is 6.92 Å². The summed E-state index contributed by atoms with van der Waals surface area (Å²) >= 11 is 0. The molecule has 0 bridgehead atoms. The van der Waals surface area contributed by atoms with Crippen LogP contribution in [0.5, 0.6) is 0 Å².